The smallest absolute Gasteiger partial charge is 0.0933 e. The highest BCUT2D eigenvalue weighted by Crippen LogP contribution is 2.29. The quantitative estimate of drug-likeness (QED) is 0.760. The summed E-state index contributed by atoms with van der Waals surface area (Å²) in [5.41, 5.74) is 2.31. The summed E-state index contributed by atoms with van der Waals surface area (Å²) < 4.78 is 0. The van der Waals surface area contributed by atoms with E-state index in [1.807, 2.05) is 12.3 Å². The molecule has 1 aromatic heterocycles. The van der Waals surface area contributed by atoms with Crippen LogP contribution in [0.1, 0.15) is 51.9 Å². The van der Waals surface area contributed by atoms with Crippen molar-refractivity contribution >= 4 is 16.6 Å². The van der Waals surface area contributed by atoms with Crippen LogP contribution in [0.5, 0.6) is 0 Å². The molecular weight excluding hydrogens is 256 g/mol. The maximum Gasteiger partial charge on any atom is 0.0933 e. The van der Waals surface area contributed by atoms with Crippen LogP contribution >= 0.6 is 0 Å². The second kappa shape index (κ2) is 6.93. The van der Waals surface area contributed by atoms with Gasteiger partial charge < -0.3 is 5.32 Å². The molecule has 2 heteroatoms. The van der Waals surface area contributed by atoms with Crippen molar-refractivity contribution in [2.24, 2.45) is 5.92 Å². The van der Waals surface area contributed by atoms with E-state index >= 15 is 0 Å². The van der Waals surface area contributed by atoms with Crippen LogP contribution < -0.4 is 5.32 Å². The van der Waals surface area contributed by atoms with Crippen LogP contribution in [0.25, 0.3) is 10.9 Å². The van der Waals surface area contributed by atoms with E-state index in [4.69, 9.17) is 0 Å². The fourth-order valence-electron chi connectivity index (χ4n) is 3.66. The second-order valence-electron chi connectivity index (χ2n) is 6.38. The van der Waals surface area contributed by atoms with Crippen LogP contribution in [0.3, 0.4) is 0 Å². The largest absolute Gasteiger partial charge is 0.381 e. The average molecular weight is 282 g/mol. The third-order valence-electron chi connectivity index (χ3n) is 4.78. The van der Waals surface area contributed by atoms with Crippen LogP contribution in [0.2, 0.25) is 0 Å². The third kappa shape index (κ3) is 3.55. The monoisotopic (exact) mass is 282 g/mol. The molecule has 2 atom stereocenters. The Morgan fingerprint density at radius 1 is 1.10 bits per heavy atom. The molecule has 0 radical (unpaired) electrons. The Bertz CT molecular complexity index is 573. The Labute approximate surface area is 128 Å². The van der Waals surface area contributed by atoms with E-state index < -0.39 is 0 Å². The van der Waals surface area contributed by atoms with E-state index in [9.17, 15) is 0 Å². The number of hydrogen-bond donors (Lipinski definition) is 1. The number of para-hydroxylation sites is 1. The molecule has 2 unspecified atom stereocenters. The molecule has 1 heterocycles. The molecule has 2 nitrogen and oxygen atoms in total. The summed E-state index contributed by atoms with van der Waals surface area (Å²) in [6, 6.07) is 11.2. The molecule has 3 rings (SSSR count). The molecule has 1 N–H and O–H groups in total. The molecule has 1 aliphatic carbocycles. The summed E-state index contributed by atoms with van der Waals surface area (Å²) in [7, 11) is 0. The van der Waals surface area contributed by atoms with Crippen LogP contribution in [-0.4, -0.2) is 11.0 Å². The minimum atomic E-state index is 0.611. The molecule has 0 saturated heterocycles. The van der Waals surface area contributed by atoms with Gasteiger partial charge in [0.2, 0.25) is 0 Å². The van der Waals surface area contributed by atoms with Crippen molar-refractivity contribution in [3.63, 3.8) is 0 Å². The van der Waals surface area contributed by atoms with Gasteiger partial charge in [0, 0.05) is 17.6 Å². The van der Waals surface area contributed by atoms with E-state index in [-0.39, 0.29) is 0 Å². The lowest BCUT2D eigenvalue weighted by molar-refractivity contribution is 0.422. The molecule has 0 amide bonds. The van der Waals surface area contributed by atoms with Gasteiger partial charge in [0.05, 0.1) is 11.2 Å². The summed E-state index contributed by atoms with van der Waals surface area (Å²) in [5.74, 6) is 0.951. The predicted molar refractivity (Wildman–Crippen MR) is 90.6 cm³/mol. The Morgan fingerprint density at radius 2 is 2.00 bits per heavy atom. The Balaban J connectivity index is 1.70. The number of benzene rings is 1. The van der Waals surface area contributed by atoms with Gasteiger partial charge in [-0.05, 0) is 37.3 Å². The highest BCUT2D eigenvalue weighted by molar-refractivity contribution is 5.90. The van der Waals surface area contributed by atoms with Gasteiger partial charge in [0.25, 0.3) is 0 Å². The van der Waals surface area contributed by atoms with Gasteiger partial charge in [-0.1, -0.05) is 50.8 Å². The topological polar surface area (TPSA) is 24.9 Å². The normalized spacial score (nSPS) is 22.9. The zero-order valence-electron chi connectivity index (χ0n) is 13.0. The molecule has 1 aromatic carbocycles. The van der Waals surface area contributed by atoms with Crippen molar-refractivity contribution in [1.29, 1.82) is 0 Å². The highest BCUT2D eigenvalue weighted by Gasteiger charge is 2.18. The summed E-state index contributed by atoms with van der Waals surface area (Å²) in [4.78, 5) is 4.55. The molecule has 21 heavy (non-hydrogen) atoms. The zero-order chi connectivity index (χ0) is 14.5. The molecule has 0 bridgehead atoms. The zero-order valence-corrected chi connectivity index (χ0v) is 13.0. The number of rotatable bonds is 4. The Kier molecular flexibility index (Phi) is 4.74. The van der Waals surface area contributed by atoms with Crippen molar-refractivity contribution in [3.8, 4) is 0 Å². The molecule has 0 spiro atoms. The van der Waals surface area contributed by atoms with E-state index in [0.29, 0.717) is 6.04 Å². The second-order valence-corrected chi connectivity index (χ2v) is 6.38. The number of anilines is 1. The van der Waals surface area contributed by atoms with Gasteiger partial charge in [0.15, 0.2) is 0 Å². The lowest BCUT2D eigenvalue weighted by Gasteiger charge is -2.19. The van der Waals surface area contributed by atoms with Crippen molar-refractivity contribution in [1.82, 2.24) is 4.98 Å². The first kappa shape index (κ1) is 14.4. The number of nitrogens with zero attached hydrogens (tertiary/aromatic N) is 1. The van der Waals surface area contributed by atoms with Gasteiger partial charge in [0.1, 0.15) is 0 Å². The fourth-order valence-corrected chi connectivity index (χ4v) is 3.66. The van der Waals surface area contributed by atoms with Gasteiger partial charge in [-0.25, -0.2) is 0 Å². The van der Waals surface area contributed by atoms with E-state index in [2.05, 4.69) is 41.5 Å². The lowest BCUT2D eigenvalue weighted by Crippen LogP contribution is -2.18. The molecule has 1 fully saturated rings. The molecule has 0 aliphatic heterocycles. The van der Waals surface area contributed by atoms with Crippen molar-refractivity contribution in [2.75, 3.05) is 5.32 Å². The van der Waals surface area contributed by atoms with Crippen molar-refractivity contribution in [3.05, 3.63) is 36.5 Å². The van der Waals surface area contributed by atoms with Gasteiger partial charge >= 0.3 is 0 Å². The molecule has 1 saturated carbocycles. The first-order chi connectivity index (χ1) is 10.4. The van der Waals surface area contributed by atoms with Crippen LogP contribution in [0.4, 0.5) is 5.69 Å². The van der Waals surface area contributed by atoms with Crippen molar-refractivity contribution < 1.29 is 0 Å². The van der Waals surface area contributed by atoms with Gasteiger partial charge in [-0.15, -0.1) is 0 Å². The number of pyridine rings is 1. The number of fused-ring (bicyclic) bond motifs is 1. The first-order valence-corrected chi connectivity index (χ1v) is 8.47. The summed E-state index contributed by atoms with van der Waals surface area (Å²) in [5, 5.41) is 4.99. The standard InChI is InChI=1S/C19H26N2/c1-2-6-15-7-3-10-17(13-12-15)21-18-11-4-8-16-9-5-14-20-19(16)18/h4-5,8-9,11,14-15,17,21H,2-3,6-7,10,12-13H2,1H3. The van der Waals surface area contributed by atoms with Crippen LogP contribution in [0, 0.1) is 5.92 Å². The van der Waals surface area contributed by atoms with Crippen LogP contribution in [0.15, 0.2) is 36.5 Å². The summed E-state index contributed by atoms with van der Waals surface area (Å²) in [6.07, 6.45) is 11.4. The number of aromatic nitrogens is 1. The lowest BCUT2D eigenvalue weighted by atomic mass is 9.95. The van der Waals surface area contributed by atoms with Crippen LogP contribution in [-0.2, 0) is 0 Å². The minimum Gasteiger partial charge on any atom is -0.381 e. The number of hydrogen-bond acceptors (Lipinski definition) is 2. The van der Waals surface area contributed by atoms with Crippen molar-refractivity contribution in [2.45, 2.75) is 57.9 Å². The minimum absolute atomic E-state index is 0.611. The summed E-state index contributed by atoms with van der Waals surface area (Å²) >= 11 is 0. The average Bonchev–Trinajstić information content (AvgIpc) is 2.74. The number of nitrogens with one attached hydrogen (secondary N) is 1. The molecule has 2 aromatic rings. The van der Waals surface area contributed by atoms with E-state index in [1.54, 1.807) is 0 Å². The van der Waals surface area contributed by atoms with Gasteiger partial charge in [-0.2, -0.15) is 0 Å². The van der Waals surface area contributed by atoms with E-state index in [0.717, 1.165) is 11.4 Å². The molecule has 1 aliphatic rings. The Morgan fingerprint density at radius 3 is 2.90 bits per heavy atom. The SMILES string of the molecule is CCCC1CCCC(Nc2cccc3cccnc23)CC1. The molecular formula is C19H26N2. The highest BCUT2D eigenvalue weighted by atomic mass is 14.9. The van der Waals surface area contributed by atoms with E-state index in [1.165, 1.54) is 56.0 Å². The van der Waals surface area contributed by atoms with Gasteiger partial charge in [-0.3, -0.25) is 4.98 Å². The molecule has 112 valence electrons. The maximum atomic E-state index is 4.55. The predicted octanol–water partition coefficient (Wildman–Crippen LogP) is 5.40. The fraction of sp³-hybridized carbons (Fsp3) is 0.526. The third-order valence-corrected chi connectivity index (χ3v) is 4.78. The first-order valence-electron chi connectivity index (χ1n) is 8.47. The Hall–Kier alpha value is -1.57. The maximum absolute atomic E-state index is 4.55. The summed E-state index contributed by atoms with van der Waals surface area (Å²) in [6.45, 7) is 2.31.